The van der Waals surface area contributed by atoms with Crippen molar-refractivity contribution >= 4 is 6.29 Å². The standard InChI is InChI=1S/C8H14O2/c1-5-3-8(10)7(4-9)6(5)2/h4-8,10H,3H2,1-2H3. The lowest BCUT2D eigenvalue weighted by Gasteiger charge is -2.12. The number of rotatable bonds is 1. The van der Waals surface area contributed by atoms with E-state index in [0.717, 1.165) is 12.7 Å². The number of carbonyl (C=O) groups is 1. The van der Waals surface area contributed by atoms with E-state index in [0.29, 0.717) is 11.8 Å². The molecule has 0 spiro atoms. The molecule has 1 fully saturated rings. The fourth-order valence-corrected chi connectivity index (χ4v) is 1.70. The van der Waals surface area contributed by atoms with Crippen molar-refractivity contribution in [3.63, 3.8) is 0 Å². The SMILES string of the molecule is CC1CC(O)C(C=O)C1C. The monoisotopic (exact) mass is 142 g/mol. The molecule has 0 aliphatic heterocycles. The zero-order valence-corrected chi connectivity index (χ0v) is 6.45. The summed E-state index contributed by atoms with van der Waals surface area (Å²) >= 11 is 0. The Morgan fingerprint density at radius 2 is 2.10 bits per heavy atom. The minimum Gasteiger partial charge on any atom is -0.392 e. The van der Waals surface area contributed by atoms with Gasteiger partial charge < -0.3 is 9.90 Å². The van der Waals surface area contributed by atoms with Gasteiger partial charge in [0.1, 0.15) is 6.29 Å². The molecule has 1 N–H and O–H groups in total. The number of aldehydes is 1. The molecule has 0 aromatic carbocycles. The third kappa shape index (κ3) is 1.08. The second kappa shape index (κ2) is 2.70. The van der Waals surface area contributed by atoms with Gasteiger partial charge in [-0.2, -0.15) is 0 Å². The highest BCUT2D eigenvalue weighted by Crippen LogP contribution is 2.35. The Morgan fingerprint density at radius 3 is 2.30 bits per heavy atom. The molecule has 10 heavy (non-hydrogen) atoms. The second-order valence-corrected chi connectivity index (χ2v) is 3.35. The van der Waals surface area contributed by atoms with E-state index in [1.807, 2.05) is 6.92 Å². The molecule has 1 saturated carbocycles. The van der Waals surface area contributed by atoms with Gasteiger partial charge in [-0.25, -0.2) is 0 Å². The van der Waals surface area contributed by atoms with Crippen LogP contribution in [0, 0.1) is 17.8 Å². The van der Waals surface area contributed by atoms with E-state index in [9.17, 15) is 9.90 Å². The summed E-state index contributed by atoms with van der Waals surface area (Å²) < 4.78 is 0. The molecule has 0 aromatic heterocycles. The van der Waals surface area contributed by atoms with Crippen LogP contribution in [0.4, 0.5) is 0 Å². The molecule has 2 nitrogen and oxygen atoms in total. The first kappa shape index (κ1) is 7.73. The summed E-state index contributed by atoms with van der Waals surface area (Å²) in [5, 5.41) is 9.30. The van der Waals surface area contributed by atoms with Crippen LogP contribution in [-0.2, 0) is 4.79 Å². The highest BCUT2D eigenvalue weighted by molar-refractivity contribution is 5.55. The molecule has 0 radical (unpaired) electrons. The van der Waals surface area contributed by atoms with Gasteiger partial charge in [-0.15, -0.1) is 0 Å². The maximum absolute atomic E-state index is 10.4. The van der Waals surface area contributed by atoms with Gasteiger partial charge >= 0.3 is 0 Å². The Labute approximate surface area is 61.2 Å². The van der Waals surface area contributed by atoms with Crippen LogP contribution in [0.25, 0.3) is 0 Å². The summed E-state index contributed by atoms with van der Waals surface area (Å²) in [6, 6.07) is 0. The summed E-state index contributed by atoms with van der Waals surface area (Å²) in [5.74, 6) is 0.729. The van der Waals surface area contributed by atoms with Gasteiger partial charge in [0.05, 0.1) is 6.10 Å². The first-order valence-electron chi connectivity index (χ1n) is 3.80. The smallest absolute Gasteiger partial charge is 0.125 e. The van der Waals surface area contributed by atoms with Crippen molar-refractivity contribution in [3.05, 3.63) is 0 Å². The normalized spacial score (nSPS) is 47.5. The van der Waals surface area contributed by atoms with Crippen LogP contribution in [0.15, 0.2) is 0 Å². The van der Waals surface area contributed by atoms with Crippen molar-refractivity contribution in [2.24, 2.45) is 17.8 Å². The zero-order valence-electron chi connectivity index (χ0n) is 6.45. The zero-order chi connectivity index (χ0) is 7.72. The van der Waals surface area contributed by atoms with Crippen LogP contribution in [0.5, 0.6) is 0 Å². The van der Waals surface area contributed by atoms with Gasteiger partial charge in [-0.05, 0) is 18.3 Å². The summed E-state index contributed by atoms with van der Waals surface area (Å²) in [5.41, 5.74) is 0. The van der Waals surface area contributed by atoms with Crippen molar-refractivity contribution < 1.29 is 9.90 Å². The molecule has 2 heteroatoms. The average molecular weight is 142 g/mol. The summed E-state index contributed by atoms with van der Waals surface area (Å²) in [6.07, 6.45) is 1.28. The average Bonchev–Trinajstić information content (AvgIpc) is 2.09. The molecular weight excluding hydrogens is 128 g/mol. The first-order chi connectivity index (χ1) is 4.66. The number of aliphatic hydroxyl groups excluding tert-OH is 1. The third-order valence-electron chi connectivity index (χ3n) is 2.72. The largest absolute Gasteiger partial charge is 0.392 e. The second-order valence-electron chi connectivity index (χ2n) is 3.35. The van der Waals surface area contributed by atoms with Gasteiger partial charge in [0.15, 0.2) is 0 Å². The number of carbonyl (C=O) groups excluding carboxylic acids is 1. The molecule has 4 unspecified atom stereocenters. The summed E-state index contributed by atoms with van der Waals surface area (Å²) in [6.45, 7) is 4.11. The lowest BCUT2D eigenvalue weighted by Crippen LogP contribution is -2.18. The van der Waals surface area contributed by atoms with Crippen LogP contribution in [0.3, 0.4) is 0 Å². The Morgan fingerprint density at radius 1 is 1.50 bits per heavy atom. The highest BCUT2D eigenvalue weighted by atomic mass is 16.3. The maximum Gasteiger partial charge on any atom is 0.125 e. The van der Waals surface area contributed by atoms with Gasteiger partial charge in [0, 0.05) is 5.92 Å². The van der Waals surface area contributed by atoms with E-state index >= 15 is 0 Å². The van der Waals surface area contributed by atoms with E-state index in [2.05, 4.69) is 6.92 Å². The quantitative estimate of drug-likeness (QED) is 0.551. The number of hydrogen-bond donors (Lipinski definition) is 1. The van der Waals surface area contributed by atoms with Crippen molar-refractivity contribution in [2.75, 3.05) is 0 Å². The topological polar surface area (TPSA) is 37.3 Å². The van der Waals surface area contributed by atoms with Gasteiger partial charge in [0.2, 0.25) is 0 Å². The van der Waals surface area contributed by atoms with Gasteiger partial charge in [-0.3, -0.25) is 0 Å². The van der Waals surface area contributed by atoms with Crippen LogP contribution >= 0.6 is 0 Å². The summed E-state index contributed by atoms with van der Waals surface area (Å²) in [7, 11) is 0. The predicted molar refractivity (Wildman–Crippen MR) is 38.5 cm³/mol. The lowest BCUT2D eigenvalue weighted by molar-refractivity contribution is -0.114. The number of hydrogen-bond acceptors (Lipinski definition) is 2. The Kier molecular flexibility index (Phi) is 2.09. The van der Waals surface area contributed by atoms with Gasteiger partial charge in [-0.1, -0.05) is 13.8 Å². The lowest BCUT2D eigenvalue weighted by atomic mass is 9.93. The highest BCUT2D eigenvalue weighted by Gasteiger charge is 2.36. The van der Waals surface area contributed by atoms with E-state index in [1.54, 1.807) is 0 Å². The van der Waals surface area contributed by atoms with Gasteiger partial charge in [0.25, 0.3) is 0 Å². The Bertz CT molecular complexity index is 133. The minimum absolute atomic E-state index is 0.116. The first-order valence-corrected chi connectivity index (χ1v) is 3.80. The predicted octanol–water partition coefficient (Wildman–Crippen LogP) is 0.838. The molecule has 1 aliphatic rings. The Balaban J connectivity index is 2.63. The van der Waals surface area contributed by atoms with E-state index in [-0.39, 0.29) is 12.0 Å². The molecule has 0 saturated heterocycles. The molecule has 0 amide bonds. The minimum atomic E-state index is -0.387. The van der Waals surface area contributed by atoms with Crippen molar-refractivity contribution in [1.29, 1.82) is 0 Å². The van der Waals surface area contributed by atoms with Crippen molar-refractivity contribution in [2.45, 2.75) is 26.4 Å². The molecule has 1 rings (SSSR count). The van der Waals surface area contributed by atoms with Crippen LogP contribution < -0.4 is 0 Å². The molecule has 0 aromatic rings. The molecular formula is C8H14O2. The van der Waals surface area contributed by atoms with Crippen molar-refractivity contribution in [1.82, 2.24) is 0 Å². The van der Waals surface area contributed by atoms with Crippen LogP contribution in [0.1, 0.15) is 20.3 Å². The van der Waals surface area contributed by atoms with Crippen LogP contribution in [-0.4, -0.2) is 17.5 Å². The Hall–Kier alpha value is -0.370. The molecule has 0 bridgehead atoms. The molecule has 0 heterocycles. The number of aliphatic hydroxyl groups is 1. The fraction of sp³-hybridized carbons (Fsp3) is 0.875. The van der Waals surface area contributed by atoms with Crippen LogP contribution in [0.2, 0.25) is 0 Å². The fourth-order valence-electron chi connectivity index (χ4n) is 1.70. The molecule has 1 aliphatic carbocycles. The maximum atomic E-state index is 10.4. The van der Waals surface area contributed by atoms with E-state index in [4.69, 9.17) is 0 Å². The summed E-state index contributed by atoms with van der Waals surface area (Å²) in [4.78, 5) is 10.4. The molecule has 4 atom stereocenters. The molecule has 58 valence electrons. The van der Waals surface area contributed by atoms with Crippen molar-refractivity contribution in [3.8, 4) is 0 Å². The van der Waals surface area contributed by atoms with E-state index < -0.39 is 0 Å². The van der Waals surface area contributed by atoms with E-state index in [1.165, 1.54) is 0 Å². The third-order valence-corrected chi connectivity index (χ3v) is 2.72.